The van der Waals surface area contributed by atoms with E-state index in [-0.39, 0.29) is 27.1 Å². The summed E-state index contributed by atoms with van der Waals surface area (Å²) in [4.78, 5) is 22.1. The summed E-state index contributed by atoms with van der Waals surface area (Å²) in [6, 6.07) is 6.07. The van der Waals surface area contributed by atoms with Gasteiger partial charge in [0, 0.05) is 0 Å². The molecule has 2 aromatic heterocycles. The highest BCUT2D eigenvalue weighted by Crippen LogP contribution is 2.33. The minimum absolute atomic E-state index is 0.0271. The van der Waals surface area contributed by atoms with E-state index in [9.17, 15) is 31.1 Å². The molecule has 0 saturated carbocycles. The molecule has 0 aliphatic heterocycles. The quantitative estimate of drug-likeness (QED) is 0.231. The van der Waals surface area contributed by atoms with Crippen molar-refractivity contribution >= 4 is 51.4 Å². The van der Waals surface area contributed by atoms with E-state index in [1.807, 2.05) is 0 Å². The monoisotopic (exact) mass is 540 g/mol. The first-order chi connectivity index (χ1) is 16.0. The van der Waals surface area contributed by atoms with E-state index >= 15 is 0 Å². The Morgan fingerprint density at radius 2 is 1.46 bits per heavy atom. The standard InChI is InChI=1S/C13H12ClF3N2O2.C8H4ClF3N2/c1-12(2,3)21-11(20)19-9-5-4-7(13(15,16)17)6-8(9)18-10(19)14;9-7-13-5-2-1-4(8(10,11)12)3-6(5)14-7/h4-6H,1-3H3;1-3H,(H,13,14). The summed E-state index contributed by atoms with van der Waals surface area (Å²) in [7, 11) is 0. The Bertz CT molecular complexity index is 1390. The number of aromatic nitrogens is 4. The zero-order valence-corrected chi connectivity index (χ0v) is 19.7. The zero-order chi connectivity index (χ0) is 26.3. The minimum atomic E-state index is -4.49. The van der Waals surface area contributed by atoms with Crippen LogP contribution in [0, 0.1) is 0 Å². The van der Waals surface area contributed by atoms with Crippen LogP contribution in [0.5, 0.6) is 0 Å². The first kappa shape index (κ1) is 26.6. The third-order valence-corrected chi connectivity index (χ3v) is 4.73. The van der Waals surface area contributed by atoms with Gasteiger partial charge in [-0.1, -0.05) is 0 Å². The topological polar surface area (TPSA) is 72.8 Å². The average molecular weight is 541 g/mol. The first-order valence-electron chi connectivity index (χ1n) is 9.67. The van der Waals surface area contributed by atoms with E-state index < -0.39 is 35.2 Å². The highest BCUT2D eigenvalue weighted by Gasteiger charge is 2.32. The van der Waals surface area contributed by atoms with Crippen molar-refractivity contribution in [1.29, 1.82) is 0 Å². The Morgan fingerprint density at radius 3 is 2.03 bits per heavy atom. The molecule has 0 bridgehead atoms. The predicted octanol–water partition coefficient (Wildman–Crippen LogP) is 7.73. The number of halogens is 8. The molecule has 35 heavy (non-hydrogen) atoms. The van der Waals surface area contributed by atoms with Crippen LogP contribution >= 0.6 is 23.2 Å². The number of nitrogens with one attached hydrogen (secondary N) is 1. The van der Waals surface area contributed by atoms with Gasteiger partial charge in [-0.15, -0.1) is 0 Å². The van der Waals surface area contributed by atoms with Crippen LogP contribution in [0.25, 0.3) is 22.1 Å². The number of hydrogen-bond donors (Lipinski definition) is 1. The first-order valence-corrected chi connectivity index (χ1v) is 10.4. The molecule has 4 aromatic rings. The minimum Gasteiger partial charge on any atom is -0.443 e. The van der Waals surface area contributed by atoms with Gasteiger partial charge in [0.05, 0.1) is 33.2 Å². The molecule has 0 radical (unpaired) electrons. The van der Waals surface area contributed by atoms with Crippen molar-refractivity contribution in [2.45, 2.75) is 38.7 Å². The summed E-state index contributed by atoms with van der Waals surface area (Å²) in [6.07, 6.45) is -9.63. The maximum absolute atomic E-state index is 12.6. The third kappa shape index (κ3) is 6.37. The number of ether oxygens (including phenoxy) is 1. The lowest BCUT2D eigenvalue weighted by Crippen LogP contribution is -2.27. The van der Waals surface area contributed by atoms with Crippen LogP contribution in [-0.2, 0) is 17.1 Å². The molecule has 0 saturated heterocycles. The maximum Gasteiger partial charge on any atom is 0.421 e. The van der Waals surface area contributed by atoms with Crippen molar-refractivity contribution in [2.24, 2.45) is 0 Å². The number of nitrogens with zero attached hydrogens (tertiary/aromatic N) is 3. The molecule has 0 aliphatic carbocycles. The molecule has 1 N–H and O–H groups in total. The smallest absolute Gasteiger partial charge is 0.421 e. The average Bonchev–Trinajstić information content (AvgIpc) is 3.22. The maximum atomic E-state index is 12.6. The van der Waals surface area contributed by atoms with Gasteiger partial charge in [-0.2, -0.15) is 26.3 Å². The Balaban J connectivity index is 0.000000211. The molecule has 14 heteroatoms. The summed E-state index contributed by atoms with van der Waals surface area (Å²) in [6.45, 7) is 5.00. The van der Waals surface area contributed by atoms with Gasteiger partial charge in [-0.05, 0) is 80.4 Å². The van der Waals surface area contributed by atoms with E-state index in [2.05, 4.69) is 15.0 Å². The molecule has 2 aromatic carbocycles. The van der Waals surface area contributed by atoms with Gasteiger partial charge in [-0.25, -0.2) is 19.3 Å². The van der Waals surface area contributed by atoms with Gasteiger partial charge >= 0.3 is 18.4 Å². The van der Waals surface area contributed by atoms with Gasteiger partial charge in [-0.3, -0.25) is 0 Å². The summed E-state index contributed by atoms with van der Waals surface area (Å²) in [5.74, 6) is 0. The molecular formula is C21H16Cl2F6N4O2. The van der Waals surface area contributed by atoms with E-state index in [0.29, 0.717) is 5.52 Å². The summed E-state index contributed by atoms with van der Waals surface area (Å²) >= 11 is 11.3. The van der Waals surface area contributed by atoms with Gasteiger partial charge in [0.2, 0.25) is 10.6 Å². The summed E-state index contributed by atoms with van der Waals surface area (Å²) < 4.78 is 80.8. The van der Waals surface area contributed by atoms with Gasteiger partial charge < -0.3 is 9.72 Å². The van der Waals surface area contributed by atoms with Crippen LogP contribution in [0.2, 0.25) is 10.6 Å². The number of carbonyl (C=O) groups excluding carboxylic acids is 1. The molecular weight excluding hydrogens is 525 g/mol. The Hall–Kier alpha value is -2.99. The Kier molecular flexibility index (Phi) is 7.02. The number of carbonyl (C=O) groups is 1. The van der Waals surface area contributed by atoms with E-state index in [1.165, 1.54) is 6.07 Å². The highest BCUT2D eigenvalue weighted by molar-refractivity contribution is 6.30. The number of imidazole rings is 2. The van der Waals surface area contributed by atoms with Crippen molar-refractivity contribution in [3.05, 3.63) is 58.1 Å². The van der Waals surface area contributed by atoms with E-state index in [0.717, 1.165) is 34.9 Å². The second-order valence-electron chi connectivity index (χ2n) is 8.16. The van der Waals surface area contributed by atoms with Crippen molar-refractivity contribution in [2.75, 3.05) is 0 Å². The van der Waals surface area contributed by atoms with Crippen molar-refractivity contribution in [3.63, 3.8) is 0 Å². The normalized spacial score (nSPS) is 12.5. The predicted molar refractivity (Wildman–Crippen MR) is 117 cm³/mol. The van der Waals surface area contributed by atoms with Crippen molar-refractivity contribution in [3.8, 4) is 0 Å². The molecule has 2 heterocycles. The van der Waals surface area contributed by atoms with Crippen LogP contribution in [0.1, 0.15) is 31.9 Å². The number of fused-ring (bicyclic) bond motifs is 2. The Labute approximate surface area is 203 Å². The molecule has 6 nitrogen and oxygen atoms in total. The summed E-state index contributed by atoms with van der Waals surface area (Å²) in [5, 5.41) is -0.169. The lowest BCUT2D eigenvalue weighted by Gasteiger charge is -2.19. The zero-order valence-electron chi connectivity index (χ0n) is 18.1. The number of rotatable bonds is 0. The second-order valence-corrected chi connectivity index (χ2v) is 8.85. The van der Waals surface area contributed by atoms with Gasteiger partial charge in [0.15, 0.2) is 0 Å². The van der Waals surface area contributed by atoms with Crippen molar-refractivity contribution < 1.29 is 35.9 Å². The number of alkyl halides is 6. The number of aromatic amines is 1. The number of benzene rings is 2. The van der Waals surface area contributed by atoms with E-state index in [1.54, 1.807) is 20.8 Å². The molecule has 0 aliphatic rings. The fourth-order valence-electron chi connectivity index (χ4n) is 2.86. The lowest BCUT2D eigenvalue weighted by molar-refractivity contribution is -0.138. The highest BCUT2D eigenvalue weighted by atomic mass is 35.5. The molecule has 188 valence electrons. The molecule has 0 fully saturated rings. The SMILES string of the molecule is CC(C)(C)OC(=O)n1c(Cl)nc2cc(C(F)(F)F)ccc21.FC(F)(F)c1ccc2nc(Cl)[nH]c2c1. The molecule has 0 amide bonds. The lowest BCUT2D eigenvalue weighted by atomic mass is 10.2. The van der Waals surface area contributed by atoms with Crippen LogP contribution in [0.15, 0.2) is 36.4 Å². The number of H-pyrrole nitrogens is 1. The largest absolute Gasteiger partial charge is 0.443 e. The fraction of sp³-hybridized carbons (Fsp3) is 0.286. The Morgan fingerprint density at radius 1 is 0.886 bits per heavy atom. The van der Waals surface area contributed by atoms with E-state index in [4.69, 9.17) is 27.9 Å². The third-order valence-electron chi connectivity index (χ3n) is 4.30. The summed E-state index contributed by atoms with van der Waals surface area (Å²) in [5.41, 5.74) is -1.51. The van der Waals surface area contributed by atoms with Gasteiger partial charge in [0.1, 0.15) is 5.60 Å². The molecule has 4 rings (SSSR count). The van der Waals surface area contributed by atoms with Crippen molar-refractivity contribution in [1.82, 2.24) is 19.5 Å². The second kappa shape index (κ2) is 9.23. The molecule has 0 unspecified atom stereocenters. The van der Waals surface area contributed by atoms with Crippen LogP contribution < -0.4 is 0 Å². The number of hydrogen-bond acceptors (Lipinski definition) is 4. The van der Waals surface area contributed by atoms with Gasteiger partial charge in [0.25, 0.3) is 0 Å². The van der Waals surface area contributed by atoms with Crippen LogP contribution in [0.4, 0.5) is 31.1 Å². The van der Waals surface area contributed by atoms with Crippen LogP contribution in [0.3, 0.4) is 0 Å². The molecule has 0 atom stereocenters. The van der Waals surface area contributed by atoms with Crippen LogP contribution in [-0.4, -0.2) is 31.2 Å². The molecule has 0 spiro atoms. The fourth-order valence-corrected chi connectivity index (χ4v) is 3.31.